The van der Waals surface area contributed by atoms with Gasteiger partial charge in [-0.25, -0.2) is 4.39 Å². The maximum absolute atomic E-state index is 13.9. The molecule has 2 bridgehead atoms. The van der Waals surface area contributed by atoms with Gasteiger partial charge in [0.25, 0.3) is 0 Å². The van der Waals surface area contributed by atoms with Crippen molar-refractivity contribution in [2.45, 2.75) is 107 Å². The van der Waals surface area contributed by atoms with E-state index in [4.69, 9.17) is 4.74 Å². The number of fused-ring (bicyclic) bond motifs is 2. The fraction of sp³-hybridized carbons (Fsp3) is 0.606. The second kappa shape index (κ2) is 8.97. The largest absolute Gasteiger partial charge is 0.359 e. The summed E-state index contributed by atoms with van der Waals surface area (Å²) in [5.74, 6) is 0.998. The highest BCUT2D eigenvalue weighted by molar-refractivity contribution is 5.82. The van der Waals surface area contributed by atoms with Gasteiger partial charge < -0.3 is 9.94 Å². The van der Waals surface area contributed by atoms with Crippen molar-refractivity contribution in [3.05, 3.63) is 65.5 Å². The first-order chi connectivity index (χ1) is 18.4. The Labute approximate surface area is 225 Å². The van der Waals surface area contributed by atoms with Gasteiger partial charge in [-0.2, -0.15) is 5.06 Å². The van der Waals surface area contributed by atoms with Crippen LogP contribution in [0.1, 0.15) is 89.5 Å². The molecular formula is C33H41FN2O2. The van der Waals surface area contributed by atoms with Gasteiger partial charge in [-0.1, -0.05) is 38.1 Å². The van der Waals surface area contributed by atoms with Crippen LogP contribution in [0.25, 0.3) is 10.8 Å². The van der Waals surface area contributed by atoms with E-state index in [2.05, 4.69) is 48.3 Å². The molecule has 5 aliphatic rings. The predicted octanol–water partition coefficient (Wildman–Crippen LogP) is 7.67. The lowest BCUT2D eigenvalue weighted by atomic mass is 9.58. The van der Waals surface area contributed by atoms with Crippen molar-refractivity contribution in [1.82, 2.24) is 10.0 Å². The predicted molar refractivity (Wildman–Crippen MR) is 148 cm³/mol. The molecule has 2 spiro atoms. The van der Waals surface area contributed by atoms with Gasteiger partial charge in [0, 0.05) is 30.4 Å². The summed E-state index contributed by atoms with van der Waals surface area (Å²) in [6, 6.07) is 9.10. The van der Waals surface area contributed by atoms with E-state index in [1.54, 1.807) is 0 Å². The second-order valence-corrected chi connectivity index (χ2v) is 13.0. The molecule has 7 atom stereocenters. The van der Waals surface area contributed by atoms with Crippen molar-refractivity contribution in [3.63, 3.8) is 0 Å². The fourth-order valence-electron chi connectivity index (χ4n) is 9.16. The summed E-state index contributed by atoms with van der Waals surface area (Å²) in [5, 5.41) is 14.8. The zero-order valence-corrected chi connectivity index (χ0v) is 22.8. The van der Waals surface area contributed by atoms with Crippen LogP contribution in [0.3, 0.4) is 0 Å². The van der Waals surface area contributed by atoms with Crippen molar-refractivity contribution in [3.8, 4) is 0 Å². The molecule has 0 amide bonds. The Bertz CT molecular complexity index is 1310. The minimum Gasteiger partial charge on any atom is -0.359 e. The molecule has 3 aliphatic carbocycles. The SMILES string of the molecule is CC[C@H](F)CCN(O)[C@H]1CCC2=CC3=CC[C@]4(C)[C@@H](c5ccc6ccncc6c5)CC[C@H]4[C@@]34CCC2(C1)O4. The van der Waals surface area contributed by atoms with Crippen LogP contribution in [0.15, 0.2) is 60.0 Å². The van der Waals surface area contributed by atoms with Crippen LogP contribution in [-0.4, -0.2) is 45.2 Å². The molecule has 1 aromatic carbocycles. The normalized spacial score (nSPS) is 38.4. The van der Waals surface area contributed by atoms with Crippen LogP contribution in [0.5, 0.6) is 0 Å². The number of benzene rings is 1. The number of pyridine rings is 1. The third kappa shape index (κ3) is 3.61. The van der Waals surface area contributed by atoms with Gasteiger partial charge >= 0.3 is 0 Å². The molecule has 2 aliphatic heterocycles. The van der Waals surface area contributed by atoms with Crippen molar-refractivity contribution < 1.29 is 14.3 Å². The monoisotopic (exact) mass is 516 g/mol. The highest BCUT2D eigenvalue weighted by atomic mass is 19.1. The van der Waals surface area contributed by atoms with Crippen LogP contribution in [-0.2, 0) is 4.74 Å². The fourth-order valence-corrected chi connectivity index (χ4v) is 9.16. The lowest BCUT2D eigenvalue weighted by Gasteiger charge is -2.54. The maximum Gasteiger partial charge on any atom is 0.101 e. The zero-order valence-electron chi connectivity index (χ0n) is 22.8. The molecule has 5 heteroatoms. The first kappa shape index (κ1) is 24.9. The van der Waals surface area contributed by atoms with Gasteiger partial charge in [0.2, 0.25) is 0 Å². The van der Waals surface area contributed by atoms with Gasteiger partial charge in [-0.3, -0.25) is 4.98 Å². The zero-order chi connectivity index (χ0) is 26.1. The highest BCUT2D eigenvalue weighted by Gasteiger charge is 2.66. The van der Waals surface area contributed by atoms with Gasteiger partial charge in [-0.15, -0.1) is 0 Å². The van der Waals surface area contributed by atoms with Crippen molar-refractivity contribution in [1.29, 1.82) is 0 Å². The summed E-state index contributed by atoms with van der Waals surface area (Å²) in [7, 11) is 0. The summed E-state index contributed by atoms with van der Waals surface area (Å²) in [4.78, 5) is 4.37. The van der Waals surface area contributed by atoms with E-state index in [1.165, 1.54) is 45.4 Å². The minimum absolute atomic E-state index is 0.0365. The minimum atomic E-state index is -0.843. The third-order valence-corrected chi connectivity index (χ3v) is 11.3. The number of hydroxylamine groups is 2. The van der Waals surface area contributed by atoms with Gasteiger partial charge in [0.15, 0.2) is 0 Å². The lowest BCUT2D eigenvalue weighted by molar-refractivity contribution is -0.178. The number of halogens is 1. The third-order valence-electron chi connectivity index (χ3n) is 11.3. The smallest absolute Gasteiger partial charge is 0.101 e. The summed E-state index contributed by atoms with van der Waals surface area (Å²) in [5.41, 5.74) is 3.97. The molecule has 2 saturated carbocycles. The Balaban J connectivity index is 1.17. The molecule has 1 N–H and O–H groups in total. The van der Waals surface area contributed by atoms with Crippen LogP contribution < -0.4 is 0 Å². The molecule has 1 unspecified atom stereocenters. The lowest BCUT2D eigenvalue weighted by Crippen LogP contribution is -2.55. The van der Waals surface area contributed by atoms with E-state index in [0.29, 0.717) is 31.2 Å². The van der Waals surface area contributed by atoms with Crippen LogP contribution >= 0.6 is 0 Å². The standard InChI is InChI=1S/C33H41FN2O2/c1-3-27(34)12-17-36(37)28-7-6-25-19-26-10-13-31(2)29(23-5-4-22-11-16-35-21-24(22)18-23)8-9-30(31)33(26)15-14-32(25,20-28)38-33/h4-5,10-11,16,18-19,21,27-30,37H,3,6-9,12-15,17,20H2,1-2H3/t27-,28-,29+,30+,31+,32?,33+/m0/s1. The first-order valence-electron chi connectivity index (χ1n) is 14.9. The summed E-state index contributed by atoms with van der Waals surface area (Å²) in [6.45, 7) is 4.78. The summed E-state index contributed by atoms with van der Waals surface area (Å²) in [6.07, 6.45) is 17.2. The molecular weight excluding hydrogens is 475 g/mol. The van der Waals surface area contributed by atoms with Crippen LogP contribution in [0, 0.1) is 11.3 Å². The summed E-state index contributed by atoms with van der Waals surface area (Å²) < 4.78 is 21.3. The molecule has 7 rings (SSSR count). The number of hydrogen-bond acceptors (Lipinski definition) is 4. The number of hydrogen-bond donors (Lipinski definition) is 1. The molecule has 0 radical (unpaired) electrons. The maximum atomic E-state index is 13.9. The molecule has 1 aromatic heterocycles. The average molecular weight is 517 g/mol. The number of aromatic nitrogens is 1. The summed E-state index contributed by atoms with van der Waals surface area (Å²) >= 11 is 0. The number of alkyl halides is 1. The Hall–Kier alpha value is -2.08. The van der Waals surface area contributed by atoms with E-state index < -0.39 is 6.17 Å². The van der Waals surface area contributed by atoms with E-state index in [0.717, 1.165) is 38.5 Å². The number of allylic oxidation sites excluding steroid dienone is 1. The molecule has 38 heavy (non-hydrogen) atoms. The van der Waals surface area contributed by atoms with Crippen molar-refractivity contribution in [2.24, 2.45) is 11.3 Å². The molecule has 4 nitrogen and oxygen atoms in total. The van der Waals surface area contributed by atoms with Crippen molar-refractivity contribution in [2.75, 3.05) is 6.54 Å². The Morgan fingerprint density at radius 3 is 2.95 bits per heavy atom. The first-order valence-corrected chi connectivity index (χ1v) is 14.9. The van der Waals surface area contributed by atoms with E-state index in [1.807, 2.05) is 19.3 Å². The Morgan fingerprint density at radius 1 is 1.18 bits per heavy atom. The molecule has 1 saturated heterocycles. The molecule has 3 fully saturated rings. The Kier molecular flexibility index (Phi) is 5.88. The molecule has 202 valence electrons. The molecule has 2 aromatic rings. The topological polar surface area (TPSA) is 45.6 Å². The second-order valence-electron chi connectivity index (χ2n) is 13.0. The number of ether oxygens (including phenoxy) is 1. The van der Waals surface area contributed by atoms with Gasteiger partial charge in [0.05, 0.1) is 11.2 Å². The van der Waals surface area contributed by atoms with E-state index in [9.17, 15) is 9.60 Å². The quantitative estimate of drug-likeness (QED) is 0.400. The highest BCUT2D eigenvalue weighted by Crippen LogP contribution is 2.69. The molecule has 3 heterocycles. The van der Waals surface area contributed by atoms with E-state index >= 15 is 0 Å². The number of nitrogens with zero attached hydrogens (tertiary/aromatic N) is 2. The van der Waals surface area contributed by atoms with E-state index in [-0.39, 0.29) is 22.7 Å². The number of rotatable bonds is 6. The van der Waals surface area contributed by atoms with Gasteiger partial charge in [0.1, 0.15) is 6.17 Å². The van der Waals surface area contributed by atoms with Crippen molar-refractivity contribution >= 4 is 10.8 Å². The van der Waals surface area contributed by atoms with Crippen LogP contribution in [0.4, 0.5) is 4.39 Å². The van der Waals surface area contributed by atoms with Gasteiger partial charge in [-0.05, 0) is 116 Å². The van der Waals surface area contributed by atoms with Crippen LogP contribution in [0.2, 0.25) is 0 Å². The average Bonchev–Trinajstić information content (AvgIpc) is 3.45. The Morgan fingerprint density at radius 2 is 2.08 bits per heavy atom.